The number of urea groups is 1. The van der Waals surface area contributed by atoms with E-state index in [9.17, 15) is 9.18 Å². The van der Waals surface area contributed by atoms with E-state index in [4.69, 9.17) is 16.3 Å². The van der Waals surface area contributed by atoms with Crippen molar-refractivity contribution < 1.29 is 13.9 Å². The van der Waals surface area contributed by atoms with Crippen LogP contribution in [0.1, 0.15) is 18.9 Å². The van der Waals surface area contributed by atoms with Crippen molar-refractivity contribution in [2.45, 2.75) is 18.9 Å². The fourth-order valence-corrected chi connectivity index (χ4v) is 4.21. The molecule has 1 aliphatic carbocycles. The van der Waals surface area contributed by atoms with Crippen molar-refractivity contribution in [3.63, 3.8) is 0 Å². The number of methoxy groups -OCH3 is 1. The summed E-state index contributed by atoms with van der Waals surface area (Å²) in [7, 11) is 1.57. The largest absolute Gasteiger partial charge is 0.481 e. The van der Waals surface area contributed by atoms with Crippen molar-refractivity contribution in [1.29, 1.82) is 0 Å². The van der Waals surface area contributed by atoms with Gasteiger partial charge in [-0.25, -0.2) is 14.2 Å². The lowest BCUT2D eigenvalue weighted by atomic mass is 10.1. The van der Waals surface area contributed by atoms with Gasteiger partial charge in [0.1, 0.15) is 5.82 Å². The highest BCUT2D eigenvalue weighted by Crippen LogP contribution is 2.35. The Hall–Kier alpha value is -2.80. The number of carbonyl (C=O) groups is 1. The Bertz CT molecular complexity index is 1090. The molecule has 0 bridgehead atoms. The summed E-state index contributed by atoms with van der Waals surface area (Å²) in [5.41, 5.74) is 1.66. The maximum atomic E-state index is 13.6. The smallest absolute Gasteiger partial charge is 0.324 e. The summed E-state index contributed by atoms with van der Waals surface area (Å²) in [6, 6.07) is 8.37. The van der Waals surface area contributed by atoms with Crippen molar-refractivity contribution in [1.82, 2.24) is 14.5 Å². The summed E-state index contributed by atoms with van der Waals surface area (Å²) in [5, 5.41) is 1.22. The number of rotatable bonds is 5. The molecule has 2 aliphatic rings. The van der Waals surface area contributed by atoms with Gasteiger partial charge in [0.25, 0.3) is 0 Å². The number of anilines is 1. The zero-order valence-electron chi connectivity index (χ0n) is 16.6. The van der Waals surface area contributed by atoms with Crippen LogP contribution in [0.2, 0.25) is 5.02 Å². The van der Waals surface area contributed by atoms with Gasteiger partial charge in [-0.1, -0.05) is 11.6 Å². The minimum Gasteiger partial charge on any atom is -0.481 e. The summed E-state index contributed by atoms with van der Waals surface area (Å²) < 4.78 is 20.7. The Kier molecular flexibility index (Phi) is 4.77. The molecule has 8 heteroatoms. The maximum Gasteiger partial charge on any atom is 0.324 e. The van der Waals surface area contributed by atoms with Crippen LogP contribution in [-0.2, 0) is 0 Å². The Balaban J connectivity index is 1.33. The highest BCUT2D eigenvalue weighted by molar-refractivity contribution is 6.35. The van der Waals surface area contributed by atoms with Crippen LogP contribution in [0.25, 0.3) is 10.9 Å². The molecule has 1 saturated carbocycles. The second-order valence-electron chi connectivity index (χ2n) is 8.00. The zero-order chi connectivity index (χ0) is 20.8. The van der Waals surface area contributed by atoms with Crippen LogP contribution in [0, 0.1) is 11.7 Å². The normalized spacial score (nSPS) is 16.6. The van der Waals surface area contributed by atoms with Crippen LogP contribution in [0.5, 0.6) is 5.88 Å². The summed E-state index contributed by atoms with van der Waals surface area (Å²) in [4.78, 5) is 21.1. The van der Waals surface area contributed by atoms with Crippen molar-refractivity contribution in [3.05, 3.63) is 53.6 Å². The fraction of sp³-hybridized carbons (Fsp3) is 0.364. The van der Waals surface area contributed by atoms with Gasteiger partial charge in [0.05, 0.1) is 35.6 Å². The average molecular weight is 429 g/mol. The average Bonchev–Trinajstić information content (AvgIpc) is 3.49. The molecule has 0 atom stereocenters. The molecule has 156 valence electrons. The maximum absolute atomic E-state index is 13.6. The molecule has 1 aliphatic heterocycles. The minimum absolute atomic E-state index is 0.0151. The molecule has 3 heterocycles. The van der Waals surface area contributed by atoms with Gasteiger partial charge in [0.2, 0.25) is 5.88 Å². The highest BCUT2D eigenvalue weighted by Gasteiger charge is 2.37. The number of hydrogen-bond acceptors (Lipinski definition) is 3. The number of hydrogen-bond donors (Lipinski definition) is 0. The summed E-state index contributed by atoms with van der Waals surface area (Å²) in [5.74, 6) is 0.765. The Labute approximate surface area is 178 Å². The van der Waals surface area contributed by atoms with Gasteiger partial charge in [0, 0.05) is 37.3 Å². The molecule has 2 amide bonds. The number of pyridine rings is 1. The number of halogens is 2. The molecular weight excluding hydrogens is 407 g/mol. The van der Waals surface area contributed by atoms with Gasteiger partial charge < -0.3 is 14.2 Å². The lowest BCUT2D eigenvalue weighted by molar-refractivity contribution is 0.132. The van der Waals surface area contributed by atoms with E-state index >= 15 is 0 Å². The predicted molar refractivity (Wildman–Crippen MR) is 114 cm³/mol. The molecule has 2 fully saturated rings. The van der Waals surface area contributed by atoms with Crippen LogP contribution < -0.4 is 9.64 Å². The van der Waals surface area contributed by atoms with E-state index in [1.54, 1.807) is 25.4 Å². The first-order valence-corrected chi connectivity index (χ1v) is 10.4. The summed E-state index contributed by atoms with van der Waals surface area (Å²) in [6.45, 7) is 1.87. The van der Waals surface area contributed by atoms with Crippen LogP contribution in [-0.4, -0.2) is 47.2 Å². The lowest BCUT2D eigenvalue weighted by Gasteiger charge is -2.42. The number of benzene rings is 1. The topological polar surface area (TPSA) is 50.6 Å². The molecule has 1 aromatic carbocycles. The van der Waals surface area contributed by atoms with E-state index in [-0.39, 0.29) is 17.9 Å². The standard InChI is InChI=1S/C22H22ClFN4O2/c1-30-21-7-5-16(9-25-21)28(10-14-2-3-14)22(29)26-11-17(12-26)27-13-19(23)18-8-15(24)4-6-20(18)27/h4-9,13-14,17H,2-3,10-12H2,1H3. The molecule has 30 heavy (non-hydrogen) atoms. The summed E-state index contributed by atoms with van der Waals surface area (Å²) >= 11 is 6.30. The minimum atomic E-state index is -0.309. The Morgan fingerprint density at radius 3 is 2.77 bits per heavy atom. The van der Waals surface area contributed by atoms with E-state index in [1.165, 1.54) is 12.1 Å². The molecule has 6 nitrogen and oxygen atoms in total. The number of carbonyl (C=O) groups excluding carboxylic acids is 1. The number of amides is 2. The van der Waals surface area contributed by atoms with E-state index < -0.39 is 0 Å². The van der Waals surface area contributed by atoms with Crippen molar-refractivity contribution in [2.75, 3.05) is 31.6 Å². The second kappa shape index (κ2) is 7.47. The van der Waals surface area contributed by atoms with Crippen molar-refractivity contribution in [2.24, 2.45) is 5.92 Å². The van der Waals surface area contributed by atoms with Gasteiger partial charge in [-0.15, -0.1) is 0 Å². The molecule has 5 rings (SSSR count). The van der Waals surface area contributed by atoms with Crippen LogP contribution in [0.4, 0.5) is 14.9 Å². The quantitative estimate of drug-likeness (QED) is 0.590. The SMILES string of the molecule is COc1ccc(N(CC2CC2)C(=O)N2CC(n3cc(Cl)c4cc(F)ccc43)C2)cn1. The lowest BCUT2D eigenvalue weighted by Crippen LogP contribution is -2.55. The zero-order valence-corrected chi connectivity index (χ0v) is 17.3. The highest BCUT2D eigenvalue weighted by atomic mass is 35.5. The van der Waals surface area contributed by atoms with E-state index in [0.29, 0.717) is 41.8 Å². The molecular formula is C22H22ClFN4O2. The molecule has 3 aromatic rings. The van der Waals surface area contributed by atoms with E-state index in [1.807, 2.05) is 26.6 Å². The molecule has 0 N–H and O–H groups in total. The van der Waals surface area contributed by atoms with Gasteiger partial charge in [-0.2, -0.15) is 0 Å². The molecule has 2 aromatic heterocycles. The van der Waals surface area contributed by atoms with Crippen molar-refractivity contribution in [3.8, 4) is 5.88 Å². The first-order valence-electron chi connectivity index (χ1n) is 10.1. The Morgan fingerprint density at radius 1 is 1.30 bits per heavy atom. The number of nitrogens with zero attached hydrogens (tertiary/aromatic N) is 4. The molecule has 0 spiro atoms. The summed E-state index contributed by atoms with van der Waals surface area (Å²) in [6.07, 6.45) is 5.82. The monoisotopic (exact) mass is 428 g/mol. The fourth-order valence-electron chi connectivity index (χ4n) is 3.95. The third kappa shape index (κ3) is 3.47. The molecule has 0 radical (unpaired) electrons. The second-order valence-corrected chi connectivity index (χ2v) is 8.41. The number of fused-ring (bicyclic) bond motifs is 1. The van der Waals surface area contributed by atoms with Gasteiger partial charge in [-0.05, 0) is 43.0 Å². The van der Waals surface area contributed by atoms with Crippen LogP contribution in [0.3, 0.4) is 0 Å². The van der Waals surface area contributed by atoms with Gasteiger partial charge in [-0.3, -0.25) is 4.90 Å². The third-order valence-corrected chi connectivity index (χ3v) is 6.18. The molecule has 0 unspecified atom stereocenters. The number of likely N-dealkylation sites (tertiary alicyclic amines) is 1. The third-order valence-electron chi connectivity index (χ3n) is 5.88. The van der Waals surface area contributed by atoms with Crippen molar-refractivity contribution >= 4 is 34.2 Å². The first kappa shape index (κ1) is 19.2. The first-order chi connectivity index (χ1) is 14.5. The van der Waals surface area contributed by atoms with Gasteiger partial charge >= 0.3 is 6.03 Å². The number of ether oxygens (including phenoxy) is 1. The van der Waals surface area contributed by atoms with Crippen LogP contribution >= 0.6 is 11.6 Å². The van der Waals surface area contributed by atoms with E-state index in [2.05, 4.69) is 4.98 Å². The van der Waals surface area contributed by atoms with Gasteiger partial charge in [0.15, 0.2) is 0 Å². The Morgan fingerprint density at radius 2 is 2.10 bits per heavy atom. The van der Waals surface area contributed by atoms with Crippen LogP contribution in [0.15, 0.2) is 42.7 Å². The predicted octanol–water partition coefficient (Wildman–Crippen LogP) is 4.73. The van der Waals surface area contributed by atoms with E-state index in [0.717, 1.165) is 24.0 Å². The number of aromatic nitrogens is 2. The molecule has 1 saturated heterocycles.